The number of ether oxygens (including phenoxy) is 2. The predicted molar refractivity (Wildman–Crippen MR) is 83.7 cm³/mol. The molecule has 4 nitrogen and oxygen atoms in total. The fourth-order valence-corrected chi connectivity index (χ4v) is 3.66. The molecule has 2 saturated heterocycles. The zero-order valence-electron chi connectivity index (χ0n) is 13.2. The Hall–Kier alpha value is -1.10. The molecule has 0 radical (unpaired) electrons. The Labute approximate surface area is 127 Å². The first-order chi connectivity index (χ1) is 10.2. The molecule has 1 spiro atoms. The highest BCUT2D eigenvalue weighted by Gasteiger charge is 2.39. The SMILES string of the molecule is COc1cccc(CN2CCOC3(CCCN(C)C3)C2)c1. The summed E-state index contributed by atoms with van der Waals surface area (Å²) in [5.74, 6) is 0.938. The van der Waals surface area contributed by atoms with E-state index in [-0.39, 0.29) is 5.60 Å². The van der Waals surface area contributed by atoms with E-state index in [0.717, 1.165) is 38.5 Å². The number of hydrogen-bond acceptors (Lipinski definition) is 4. The molecular formula is C17H26N2O2. The van der Waals surface area contributed by atoms with Crippen molar-refractivity contribution in [1.82, 2.24) is 9.80 Å². The van der Waals surface area contributed by atoms with Gasteiger partial charge in [-0.25, -0.2) is 0 Å². The molecule has 0 aliphatic carbocycles. The highest BCUT2D eigenvalue weighted by atomic mass is 16.5. The van der Waals surface area contributed by atoms with Gasteiger partial charge in [-0.3, -0.25) is 4.90 Å². The van der Waals surface area contributed by atoms with Crippen LogP contribution in [0.2, 0.25) is 0 Å². The first kappa shape index (κ1) is 14.8. The normalized spacial score (nSPS) is 27.9. The third-order valence-electron chi connectivity index (χ3n) is 4.60. The molecule has 2 heterocycles. The Morgan fingerprint density at radius 2 is 2.19 bits per heavy atom. The van der Waals surface area contributed by atoms with Crippen molar-refractivity contribution < 1.29 is 9.47 Å². The molecule has 2 aliphatic heterocycles. The van der Waals surface area contributed by atoms with Crippen molar-refractivity contribution in [3.8, 4) is 5.75 Å². The Morgan fingerprint density at radius 1 is 1.29 bits per heavy atom. The zero-order chi connectivity index (χ0) is 14.7. The van der Waals surface area contributed by atoms with Gasteiger partial charge in [0, 0.05) is 26.2 Å². The van der Waals surface area contributed by atoms with Crippen LogP contribution in [0.1, 0.15) is 18.4 Å². The van der Waals surface area contributed by atoms with E-state index in [2.05, 4.69) is 35.0 Å². The fourth-order valence-electron chi connectivity index (χ4n) is 3.66. The van der Waals surface area contributed by atoms with Crippen LogP contribution in [0.25, 0.3) is 0 Å². The summed E-state index contributed by atoms with van der Waals surface area (Å²) in [6, 6.07) is 8.38. The van der Waals surface area contributed by atoms with Crippen LogP contribution in [-0.4, -0.2) is 62.3 Å². The number of likely N-dealkylation sites (N-methyl/N-ethyl adjacent to an activating group) is 1. The minimum atomic E-state index is 0.0458. The van der Waals surface area contributed by atoms with Gasteiger partial charge in [0.25, 0.3) is 0 Å². The van der Waals surface area contributed by atoms with Crippen molar-refractivity contribution in [3.05, 3.63) is 29.8 Å². The summed E-state index contributed by atoms with van der Waals surface area (Å²) < 4.78 is 11.5. The second kappa shape index (κ2) is 6.34. The number of likely N-dealkylation sites (tertiary alicyclic amines) is 1. The summed E-state index contributed by atoms with van der Waals surface area (Å²) >= 11 is 0. The van der Waals surface area contributed by atoms with Crippen LogP contribution in [0.5, 0.6) is 5.75 Å². The number of piperidine rings is 1. The molecule has 3 rings (SSSR count). The third kappa shape index (κ3) is 3.57. The Balaban J connectivity index is 1.65. The minimum Gasteiger partial charge on any atom is -0.497 e. The van der Waals surface area contributed by atoms with Gasteiger partial charge in [-0.2, -0.15) is 0 Å². The molecule has 1 atom stereocenters. The van der Waals surface area contributed by atoms with Gasteiger partial charge in [0.2, 0.25) is 0 Å². The van der Waals surface area contributed by atoms with Gasteiger partial charge in [0.05, 0.1) is 19.3 Å². The molecule has 116 valence electrons. The van der Waals surface area contributed by atoms with Crippen LogP contribution in [0.4, 0.5) is 0 Å². The molecule has 1 aromatic carbocycles. The van der Waals surface area contributed by atoms with Crippen LogP contribution in [-0.2, 0) is 11.3 Å². The molecule has 1 aromatic rings. The van der Waals surface area contributed by atoms with E-state index in [4.69, 9.17) is 9.47 Å². The Morgan fingerprint density at radius 3 is 3.00 bits per heavy atom. The first-order valence-electron chi connectivity index (χ1n) is 7.87. The maximum Gasteiger partial charge on any atom is 0.119 e. The molecule has 0 aromatic heterocycles. The van der Waals surface area contributed by atoms with E-state index < -0.39 is 0 Å². The van der Waals surface area contributed by atoms with Crippen LogP contribution in [0.3, 0.4) is 0 Å². The predicted octanol–water partition coefficient (Wildman–Crippen LogP) is 1.99. The standard InChI is InChI=1S/C17H26N2O2/c1-18-8-4-7-17(13-18)14-19(9-10-21-17)12-15-5-3-6-16(11-15)20-2/h3,5-6,11H,4,7-10,12-14H2,1-2H3. The summed E-state index contributed by atoms with van der Waals surface area (Å²) in [5, 5.41) is 0. The molecule has 4 heteroatoms. The molecule has 0 amide bonds. The lowest BCUT2D eigenvalue weighted by atomic mass is 9.91. The van der Waals surface area contributed by atoms with Crippen molar-refractivity contribution in [2.24, 2.45) is 0 Å². The lowest BCUT2D eigenvalue weighted by Crippen LogP contribution is -2.58. The topological polar surface area (TPSA) is 24.9 Å². The molecule has 0 saturated carbocycles. The van der Waals surface area contributed by atoms with Gasteiger partial charge in [0.1, 0.15) is 5.75 Å². The third-order valence-corrected chi connectivity index (χ3v) is 4.60. The van der Waals surface area contributed by atoms with E-state index in [1.807, 2.05) is 6.07 Å². The van der Waals surface area contributed by atoms with E-state index in [0.29, 0.717) is 0 Å². The van der Waals surface area contributed by atoms with Crippen molar-refractivity contribution in [2.75, 3.05) is 46.9 Å². The highest BCUT2D eigenvalue weighted by Crippen LogP contribution is 2.29. The van der Waals surface area contributed by atoms with Crippen molar-refractivity contribution in [2.45, 2.75) is 25.0 Å². The average Bonchev–Trinajstić information content (AvgIpc) is 2.47. The molecule has 2 aliphatic rings. The van der Waals surface area contributed by atoms with Crippen molar-refractivity contribution >= 4 is 0 Å². The van der Waals surface area contributed by atoms with E-state index in [1.165, 1.54) is 24.9 Å². The Kier molecular flexibility index (Phi) is 4.48. The van der Waals surface area contributed by atoms with Gasteiger partial charge in [0.15, 0.2) is 0 Å². The number of methoxy groups -OCH3 is 1. The lowest BCUT2D eigenvalue weighted by molar-refractivity contribution is -0.138. The molecule has 21 heavy (non-hydrogen) atoms. The van der Waals surface area contributed by atoms with Gasteiger partial charge in [-0.15, -0.1) is 0 Å². The van der Waals surface area contributed by atoms with Gasteiger partial charge >= 0.3 is 0 Å². The van der Waals surface area contributed by atoms with E-state index in [9.17, 15) is 0 Å². The summed E-state index contributed by atoms with van der Waals surface area (Å²) in [6.45, 7) is 6.13. The Bertz CT molecular complexity index is 476. The summed E-state index contributed by atoms with van der Waals surface area (Å²) in [4.78, 5) is 4.93. The largest absolute Gasteiger partial charge is 0.497 e. The molecule has 2 fully saturated rings. The monoisotopic (exact) mass is 290 g/mol. The fraction of sp³-hybridized carbons (Fsp3) is 0.647. The molecule has 1 unspecified atom stereocenters. The maximum atomic E-state index is 6.18. The first-order valence-corrected chi connectivity index (χ1v) is 7.87. The summed E-state index contributed by atoms with van der Waals surface area (Å²) in [7, 11) is 3.92. The van der Waals surface area contributed by atoms with Crippen molar-refractivity contribution in [3.63, 3.8) is 0 Å². The van der Waals surface area contributed by atoms with Gasteiger partial charge in [-0.05, 0) is 44.1 Å². The van der Waals surface area contributed by atoms with Gasteiger partial charge in [-0.1, -0.05) is 12.1 Å². The van der Waals surface area contributed by atoms with E-state index >= 15 is 0 Å². The summed E-state index contributed by atoms with van der Waals surface area (Å²) in [5.41, 5.74) is 1.36. The number of benzene rings is 1. The van der Waals surface area contributed by atoms with Crippen molar-refractivity contribution in [1.29, 1.82) is 0 Å². The molecule has 0 N–H and O–H groups in total. The number of rotatable bonds is 3. The maximum absolute atomic E-state index is 6.18. The minimum absolute atomic E-state index is 0.0458. The second-order valence-electron chi connectivity index (χ2n) is 6.43. The highest BCUT2D eigenvalue weighted by molar-refractivity contribution is 5.28. The lowest BCUT2D eigenvalue weighted by Gasteiger charge is -2.47. The van der Waals surface area contributed by atoms with Crippen LogP contribution in [0, 0.1) is 0 Å². The quantitative estimate of drug-likeness (QED) is 0.850. The summed E-state index contributed by atoms with van der Waals surface area (Å²) in [6.07, 6.45) is 2.43. The molecular weight excluding hydrogens is 264 g/mol. The number of hydrogen-bond donors (Lipinski definition) is 0. The van der Waals surface area contributed by atoms with Gasteiger partial charge < -0.3 is 14.4 Å². The number of nitrogens with zero attached hydrogens (tertiary/aromatic N) is 2. The van der Waals surface area contributed by atoms with Crippen LogP contribution >= 0.6 is 0 Å². The second-order valence-corrected chi connectivity index (χ2v) is 6.43. The van der Waals surface area contributed by atoms with Crippen LogP contribution in [0.15, 0.2) is 24.3 Å². The average molecular weight is 290 g/mol. The van der Waals surface area contributed by atoms with E-state index in [1.54, 1.807) is 7.11 Å². The molecule has 0 bridgehead atoms. The zero-order valence-corrected chi connectivity index (χ0v) is 13.2. The number of morpholine rings is 1. The van der Waals surface area contributed by atoms with Crippen LogP contribution < -0.4 is 4.74 Å². The smallest absolute Gasteiger partial charge is 0.119 e.